The Labute approximate surface area is 110 Å². The second-order valence-corrected chi connectivity index (χ2v) is 4.61. The zero-order valence-corrected chi connectivity index (χ0v) is 10.9. The smallest absolute Gasteiger partial charge is 0.257 e. The number of amides is 1. The van der Waals surface area contributed by atoms with Crippen molar-refractivity contribution in [1.82, 2.24) is 4.90 Å². The minimum Gasteiger partial charge on any atom is -0.496 e. The van der Waals surface area contributed by atoms with E-state index in [1.807, 2.05) is 0 Å². The van der Waals surface area contributed by atoms with Crippen LogP contribution < -0.4 is 4.74 Å². The molecule has 0 aromatic heterocycles. The number of nitrogens with zero attached hydrogens (tertiary/aromatic N) is 1. The Bertz CT molecular complexity index is 477. The molecular weight excluding hydrogens is 254 g/mol. The van der Waals surface area contributed by atoms with Gasteiger partial charge >= 0.3 is 0 Å². The zero-order chi connectivity index (χ0) is 13.1. The number of Topliss-reactive ketones (excluding diaryl/α,β-unsaturated/α-hetero) is 1. The molecule has 1 aliphatic rings. The predicted molar refractivity (Wildman–Crippen MR) is 68.1 cm³/mol. The van der Waals surface area contributed by atoms with Crippen LogP contribution in [0.2, 0.25) is 5.02 Å². The number of rotatable bonds is 2. The van der Waals surface area contributed by atoms with Crippen molar-refractivity contribution in [2.24, 2.45) is 0 Å². The van der Waals surface area contributed by atoms with Crippen molar-refractivity contribution in [2.45, 2.75) is 12.8 Å². The van der Waals surface area contributed by atoms with Crippen LogP contribution in [0.4, 0.5) is 0 Å². The first-order valence-electron chi connectivity index (χ1n) is 5.76. The van der Waals surface area contributed by atoms with Gasteiger partial charge in [0.25, 0.3) is 5.91 Å². The van der Waals surface area contributed by atoms with Gasteiger partial charge in [0.15, 0.2) is 0 Å². The minimum atomic E-state index is -0.137. The molecule has 0 spiro atoms. The third-order valence-electron chi connectivity index (χ3n) is 3.00. The maximum absolute atomic E-state index is 12.3. The van der Waals surface area contributed by atoms with Gasteiger partial charge in [-0.05, 0) is 18.2 Å². The number of benzene rings is 1. The fraction of sp³-hybridized carbons (Fsp3) is 0.385. The van der Waals surface area contributed by atoms with Gasteiger partial charge in [-0.25, -0.2) is 0 Å². The second kappa shape index (κ2) is 5.40. The van der Waals surface area contributed by atoms with Gasteiger partial charge in [-0.3, -0.25) is 9.59 Å². The van der Waals surface area contributed by atoms with Crippen molar-refractivity contribution in [1.29, 1.82) is 0 Å². The molecule has 1 aliphatic heterocycles. The summed E-state index contributed by atoms with van der Waals surface area (Å²) in [7, 11) is 1.51. The Kier molecular flexibility index (Phi) is 3.87. The molecule has 1 aromatic carbocycles. The van der Waals surface area contributed by atoms with Gasteiger partial charge < -0.3 is 9.64 Å². The number of carbonyl (C=O) groups is 2. The maximum atomic E-state index is 12.3. The van der Waals surface area contributed by atoms with Gasteiger partial charge in [0.2, 0.25) is 0 Å². The lowest BCUT2D eigenvalue weighted by molar-refractivity contribution is -0.120. The second-order valence-electron chi connectivity index (χ2n) is 4.18. The van der Waals surface area contributed by atoms with Crippen LogP contribution >= 0.6 is 11.6 Å². The zero-order valence-electron chi connectivity index (χ0n) is 10.1. The summed E-state index contributed by atoms with van der Waals surface area (Å²) < 4.78 is 5.16. The fourth-order valence-electron chi connectivity index (χ4n) is 1.98. The Hall–Kier alpha value is -1.55. The summed E-state index contributed by atoms with van der Waals surface area (Å²) in [4.78, 5) is 25.1. The summed E-state index contributed by atoms with van der Waals surface area (Å²) in [5, 5.41) is 0.493. The Morgan fingerprint density at radius 1 is 1.33 bits per heavy atom. The van der Waals surface area contributed by atoms with Gasteiger partial charge in [-0.15, -0.1) is 0 Å². The van der Waals surface area contributed by atoms with Crippen molar-refractivity contribution in [3.05, 3.63) is 28.8 Å². The summed E-state index contributed by atoms with van der Waals surface area (Å²) >= 11 is 5.90. The first-order valence-corrected chi connectivity index (χ1v) is 6.14. The van der Waals surface area contributed by atoms with E-state index in [4.69, 9.17) is 16.3 Å². The molecule has 2 rings (SSSR count). The summed E-state index contributed by atoms with van der Waals surface area (Å²) in [6.45, 7) is 0.931. The number of halogens is 1. The Balaban J connectivity index is 2.22. The third kappa shape index (κ3) is 2.64. The topological polar surface area (TPSA) is 46.6 Å². The molecule has 1 fully saturated rings. The summed E-state index contributed by atoms with van der Waals surface area (Å²) in [6.07, 6.45) is 0.850. The van der Waals surface area contributed by atoms with Crippen LogP contribution in [0.3, 0.4) is 0 Å². The summed E-state index contributed by atoms with van der Waals surface area (Å²) in [5.74, 6) is 0.570. The highest BCUT2D eigenvalue weighted by Gasteiger charge is 2.24. The lowest BCUT2D eigenvalue weighted by Crippen LogP contribution is -2.38. The third-order valence-corrected chi connectivity index (χ3v) is 3.24. The Morgan fingerprint density at radius 3 is 2.61 bits per heavy atom. The van der Waals surface area contributed by atoms with Crippen LogP contribution in [0.1, 0.15) is 23.2 Å². The number of carbonyl (C=O) groups excluding carboxylic acids is 2. The molecule has 1 amide bonds. The van der Waals surface area contributed by atoms with Crippen molar-refractivity contribution in [2.75, 3.05) is 20.2 Å². The number of hydrogen-bond donors (Lipinski definition) is 0. The van der Waals surface area contributed by atoms with E-state index in [2.05, 4.69) is 0 Å². The van der Waals surface area contributed by atoms with Crippen molar-refractivity contribution >= 4 is 23.3 Å². The van der Waals surface area contributed by atoms with E-state index in [0.717, 1.165) is 0 Å². The van der Waals surface area contributed by atoms with E-state index in [1.54, 1.807) is 23.1 Å². The molecular formula is C13H14ClNO3. The lowest BCUT2D eigenvalue weighted by atomic mass is 10.1. The molecule has 0 radical (unpaired) electrons. The molecule has 96 valence electrons. The van der Waals surface area contributed by atoms with Gasteiger partial charge in [0, 0.05) is 31.0 Å². The number of ether oxygens (including phenoxy) is 1. The highest BCUT2D eigenvalue weighted by atomic mass is 35.5. The molecule has 0 aliphatic carbocycles. The van der Waals surface area contributed by atoms with E-state index in [0.29, 0.717) is 42.3 Å². The standard InChI is InChI=1S/C13H14ClNO3/c1-18-12-3-2-9(14)8-11(12)13(17)15-6-4-10(16)5-7-15/h2-3,8H,4-7H2,1H3. The van der Waals surface area contributed by atoms with E-state index in [9.17, 15) is 9.59 Å². The summed E-state index contributed by atoms with van der Waals surface area (Å²) in [6, 6.07) is 4.95. The molecule has 4 nitrogen and oxygen atoms in total. The molecule has 0 atom stereocenters. The van der Waals surface area contributed by atoms with Crippen LogP contribution in [-0.2, 0) is 4.79 Å². The molecule has 0 N–H and O–H groups in total. The van der Waals surface area contributed by atoms with E-state index in [-0.39, 0.29) is 11.7 Å². The number of methoxy groups -OCH3 is 1. The molecule has 0 bridgehead atoms. The van der Waals surface area contributed by atoms with Gasteiger partial charge in [-0.1, -0.05) is 11.6 Å². The SMILES string of the molecule is COc1ccc(Cl)cc1C(=O)N1CCC(=O)CC1. The number of ketones is 1. The first-order chi connectivity index (χ1) is 8.61. The van der Waals surface area contributed by atoms with Crippen molar-refractivity contribution in [3.63, 3.8) is 0 Å². The van der Waals surface area contributed by atoms with Crippen LogP contribution in [0.15, 0.2) is 18.2 Å². The predicted octanol–water partition coefficient (Wildman–Crippen LogP) is 2.15. The number of likely N-dealkylation sites (tertiary alicyclic amines) is 1. The molecule has 0 saturated carbocycles. The first kappa shape index (κ1) is 12.9. The van der Waals surface area contributed by atoms with Crippen LogP contribution in [0.25, 0.3) is 0 Å². The van der Waals surface area contributed by atoms with Gasteiger partial charge in [-0.2, -0.15) is 0 Å². The van der Waals surface area contributed by atoms with Gasteiger partial charge in [0.05, 0.1) is 12.7 Å². The van der Waals surface area contributed by atoms with E-state index < -0.39 is 0 Å². The highest BCUT2D eigenvalue weighted by Crippen LogP contribution is 2.24. The normalized spacial score (nSPS) is 15.7. The van der Waals surface area contributed by atoms with Crippen LogP contribution in [0, 0.1) is 0 Å². The molecule has 1 heterocycles. The average molecular weight is 268 g/mol. The van der Waals surface area contributed by atoms with E-state index in [1.165, 1.54) is 7.11 Å². The molecule has 5 heteroatoms. The van der Waals surface area contributed by atoms with Crippen LogP contribution in [0.5, 0.6) is 5.75 Å². The fourth-order valence-corrected chi connectivity index (χ4v) is 2.15. The van der Waals surface area contributed by atoms with E-state index >= 15 is 0 Å². The molecule has 18 heavy (non-hydrogen) atoms. The van der Waals surface area contributed by atoms with Crippen molar-refractivity contribution in [3.8, 4) is 5.75 Å². The Morgan fingerprint density at radius 2 is 2.00 bits per heavy atom. The number of piperidine rings is 1. The quantitative estimate of drug-likeness (QED) is 0.825. The monoisotopic (exact) mass is 267 g/mol. The average Bonchev–Trinajstić information content (AvgIpc) is 2.39. The molecule has 1 saturated heterocycles. The van der Waals surface area contributed by atoms with Crippen molar-refractivity contribution < 1.29 is 14.3 Å². The maximum Gasteiger partial charge on any atom is 0.257 e. The highest BCUT2D eigenvalue weighted by molar-refractivity contribution is 6.31. The largest absolute Gasteiger partial charge is 0.496 e. The van der Waals surface area contributed by atoms with Crippen LogP contribution in [-0.4, -0.2) is 36.8 Å². The minimum absolute atomic E-state index is 0.137. The molecule has 0 unspecified atom stereocenters. The summed E-state index contributed by atoms with van der Waals surface area (Å²) in [5.41, 5.74) is 0.444. The molecule has 1 aromatic rings. The number of hydrogen-bond acceptors (Lipinski definition) is 3. The lowest BCUT2D eigenvalue weighted by Gasteiger charge is -2.26. The van der Waals surface area contributed by atoms with Gasteiger partial charge in [0.1, 0.15) is 11.5 Å².